The maximum absolute atomic E-state index is 13.2. The first kappa shape index (κ1) is 14.9. The molecule has 2 aromatic carbocycles. The molecule has 0 saturated heterocycles. The zero-order valence-corrected chi connectivity index (χ0v) is 12.0. The Morgan fingerprint density at radius 2 is 1.91 bits per heavy atom. The lowest BCUT2D eigenvalue weighted by molar-refractivity contribution is 0.0706. The number of nitrogens with one attached hydrogen (secondary N) is 2. The maximum atomic E-state index is 13.2. The number of amides is 1. The lowest BCUT2D eigenvalue weighted by Gasteiger charge is -2.09. The minimum absolute atomic E-state index is 0.347. The van der Waals surface area contributed by atoms with Gasteiger partial charge in [0.1, 0.15) is 18.0 Å². The molecule has 3 aromatic rings. The average Bonchev–Trinajstić information content (AvgIpc) is 2.59. The highest BCUT2D eigenvalue weighted by molar-refractivity contribution is 5.93. The molecular weight excluding hydrogens is 299 g/mol. The Morgan fingerprint density at radius 3 is 2.65 bits per heavy atom. The zero-order chi connectivity index (χ0) is 16.2. The number of carbonyl (C=O) groups is 1. The number of hydrogen-bond acceptors (Lipinski definition) is 5. The predicted molar refractivity (Wildman–Crippen MR) is 82.5 cm³/mol. The molecule has 23 heavy (non-hydrogen) atoms. The van der Waals surface area contributed by atoms with Crippen LogP contribution in [0.15, 0.2) is 48.8 Å². The van der Waals surface area contributed by atoms with Gasteiger partial charge in [0.25, 0.3) is 5.91 Å². The van der Waals surface area contributed by atoms with E-state index in [9.17, 15) is 9.18 Å². The van der Waals surface area contributed by atoms with Crippen molar-refractivity contribution in [3.8, 4) is 0 Å². The van der Waals surface area contributed by atoms with Crippen LogP contribution in [-0.2, 0) is 6.54 Å². The van der Waals surface area contributed by atoms with E-state index in [1.807, 2.05) is 0 Å². The fraction of sp³-hybridized carbons (Fsp3) is 0.0625. The van der Waals surface area contributed by atoms with Gasteiger partial charge in [-0.3, -0.25) is 10.0 Å². The Morgan fingerprint density at radius 1 is 1.13 bits per heavy atom. The van der Waals surface area contributed by atoms with Crippen LogP contribution in [0.1, 0.15) is 15.9 Å². The second-order valence-electron chi connectivity index (χ2n) is 4.88. The number of halogens is 1. The van der Waals surface area contributed by atoms with Crippen LogP contribution < -0.4 is 10.8 Å². The Balaban J connectivity index is 1.77. The summed E-state index contributed by atoms with van der Waals surface area (Å²) in [6.07, 6.45) is 1.37. The molecule has 3 N–H and O–H groups in total. The molecule has 7 heteroatoms. The number of benzene rings is 2. The van der Waals surface area contributed by atoms with Crippen molar-refractivity contribution in [2.75, 3.05) is 5.32 Å². The van der Waals surface area contributed by atoms with E-state index >= 15 is 0 Å². The van der Waals surface area contributed by atoms with Gasteiger partial charge in [0.2, 0.25) is 0 Å². The Kier molecular flexibility index (Phi) is 4.11. The lowest BCUT2D eigenvalue weighted by Crippen LogP contribution is -2.18. The number of aromatic nitrogens is 2. The second kappa shape index (κ2) is 6.37. The van der Waals surface area contributed by atoms with Crippen molar-refractivity contribution in [3.05, 3.63) is 65.7 Å². The van der Waals surface area contributed by atoms with E-state index in [1.165, 1.54) is 18.5 Å². The highest BCUT2D eigenvalue weighted by Gasteiger charge is 2.06. The van der Waals surface area contributed by atoms with E-state index < -0.39 is 5.91 Å². The van der Waals surface area contributed by atoms with Crippen LogP contribution in [0.25, 0.3) is 10.9 Å². The molecule has 3 rings (SSSR count). The van der Waals surface area contributed by atoms with E-state index in [-0.39, 0.29) is 5.82 Å². The number of nitrogens with zero attached hydrogens (tertiary/aromatic N) is 2. The summed E-state index contributed by atoms with van der Waals surface area (Å²) in [5.74, 6) is -0.305. The Bertz CT molecular complexity index is 852. The van der Waals surface area contributed by atoms with Crippen molar-refractivity contribution >= 4 is 22.6 Å². The summed E-state index contributed by atoms with van der Waals surface area (Å²) >= 11 is 0. The summed E-state index contributed by atoms with van der Waals surface area (Å²) in [5.41, 5.74) is 3.39. The smallest absolute Gasteiger partial charge is 0.274 e. The normalized spacial score (nSPS) is 10.5. The molecular formula is C16H13FN4O2. The summed E-state index contributed by atoms with van der Waals surface area (Å²) in [6.45, 7) is 0.477. The first-order chi connectivity index (χ1) is 11.2. The molecule has 0 unspecified atom stereocenters. The Labute approximate surface area is 131 Å². The van der Waals surface area contributed by atoms with Crippen LogP contribution in [0.5, 0.6) is 0 Å². The monoisotopic (exact) mass is 312 g/mol. The highest BCUT2D eigenvalue weighted by atomic mass is 19.1. The number of carbonyl (C=O) groups excluding carboxylic acids is 1. The van der Waals surface area contributed by atoms with Gasteiger partial charge < -0.3 is 5.32 Å². The third-order valence-corrected chi connectivity index (χ3v) is 3.38. The standard InChI is InChI=1S/C16H13FN4O2/c17-12-5-6-13-14(7-12)19-9-20-15(13)18-8-10-1-3-11(4-2-10)16(22)21-23/h1-7,9,23H,8H2,(H,21,22)(H,18,19,20). The number of hydrogen-bond donors (Lipinski definition) is 3. The number of rotatable bonds is 4. The van der Waals surface area contributed by atoms with E-state index in [4.69, 9.17) is 5.21 Å². The summed E-state index contributed by atoms with van der Waals surface area (Å²) < 4.78 is 13.2. The van der Waals surface area contributed by atoms with Crippen LogP contribution in [-0.4, -0.2) is 21.1 Å². The van der Waals surface area contributed by atoms with E-state index in [1.54, 1.807) is 35.8 Å². The quantitative estimate of drug-likeness (QED) is 0.509. The van der Waals surface area contributed by atoms with Gasteiger partial charge in [-0.05, 0) is 29.8 Å². The largest absolute Gasteiger partial charge is 0.365 e. The predicted octanol–water partition coefficient (Wildman–Crippen LogP) is 2.50. The van der Waals surface area contributed by atoms with Crippen molar-refractivity contribution < 1.29 is 14.4 Å². The van der Waals surface area contributed by atoms with Gasteiger partial charge in [-0.1, -0.05) is 12.1 Å². The van der Waals surface area contributed by atoms with Gasteiger partial charge in [0, 0.05) is 23.6 Å². The van der Waals surface area contributed by atoms with Crippen molar-refractivity contribution in [3.63, 3.8) is 0 Å². The molecule has 0 aliphatic rings. The third kappa shape index (κ3) is 3.24. The topological polar surface area (TPSA) is 87.1 Å². The number of hydroxylamine groups is 1. The first-order valence-electron chi connectivity index (χ1n) is 6.85. The maximum Gasteiger partial charge on any atom is 0.274 e. The molecule has 0 atom stereocenters. The van der Waals surface area contributed by atoms with E-state index in [0.717, 1.165) is 10.9 Å². The summed E-state index contributed by atoms with van der Waals surface area (Å²) in [7, 11) is 0. The molecule has 6 nitrogen and oxygen atoms in total. The van der Waals surface area contributed by atoms with E-state index in [2.05, 4.69) is 15.3 Å². The van der Waals surface area contributed by atoms with Crippen LogP contribution in [0.4, 0.5) is 10.2 Å². The molecule has 116 valence electrons. The fourth-order valence-electron chi connectivity index (χ4n) is 2.20. The molecule has 0 fully saturated rings. The average molecular weight is 312 g/mol. The molecule has 1 amide bonds. The van der Waals surface area contributed by atoms with Gasteiger partial charge in [-0.25, -0.2) is 19.8 Å². The molecule has 0 saturated carbocycles. The van der Waals surface area contributed by atoms with Crippen molar-refractivity contribution in [2.24, 2.45) is 0 Å². The zero-order valence-electron chi connectivity index (χ0n) is 12.0. The van der Waals surface area contributed by atoms with Crippen LogP contribution >= 0.6 is 0 Å². The van der Waals surface area contributed by atoms with Gasteiger partial charge in [-0.15, -0.1) is 0 Å². The SMILES string of the molecule is O=C(NO)c1ccc(CNc2ncnc3cc(F)ccc23)cc1. The molecule has 0 bridgehead atoms. The minimum atomic E-state index is -0.562. The van der Waals surface area contributed by atoms with Crippen molar-refractivity contribution in [1.82, 2.24) is 15.4 Å². The first-order valence-corrected chi connectivity index (χ1v) is 6.85. The molecule has 1 heterocycles. The van der Waals surface area contributed by atoms with Crippen LogP contribution in [0, 0.1) is 5.82 Å². The van der Waals surface area contributed by atoms with Gasteiger partial charge in [0.15, 0.2) is 0 Å². The third-order valence-electron chi connectivity index (χ3n) is 3.38. The molecule has 0 aliphatic carbocycles. The fourth-order valence-corrected chi connectivity index (χ4v) is 2.20. The van der Waals surface area contributed by atoms with Crippen molar-refractivity contribution in [2.45, 2.75) is 6.54 Å². The highest BCUT2D eigenvalue weighted by Crippen LogP contribution is 2.20. The number of anilines is 1. The van der Waals surface area contributed by atoms with Gasteiger partial charge in [-0.2, -0.15) is 0 Å². The molecule has 1 aromatic heterocycles. The second-order valence-corrected chi connectivity index (χ2v) is 4.88. The molecule has 0 spiro atoms. The van der Waals surface area contributed by atoms with Gasteiger partial charge >= 0.3 is 0 Å². The van der Waals surface area contributed by atoms with Crippen LogP contribution in [0.3, 0.4) is 0 Å². The van der Waals surface area contributed by atoms with Gasteiger partial charge in [0.05, 0.1) is 5.52 Å². The summed E-state index contributed by atoms with van der Waals surface area (Å²) in [4.78, 5) is 19.5. The summed E-state index contributed by atoms with van der Waals surface area (Å²) in [6, 6.07) is 11.1. The summed E-state index contributed by atoms with van der Waals surface area (Å²) in [5, 5.41) is 12.5. The molecule has 0 radical (unpaired) electrons. The van der Waals surface area contributed by atoms with Crippen LogP contribution in [0.2, 0.25) is 0 Å². The lowest BCUT2D eigenvalue weighted by atomic mass is 10.1. The van der Waals surface area contributed by atoms with Crippen molar-refractivity contribution in [1.29, 1.82) is 0 Å². The number of fused-ring (bicyclic) bond motifs is 1. The van der Waals surface area contributed by atoms with E-state index in [0.29, 0.717) is 23.4 Å². The molecule has 0 aliphatic heterocycles. The Hall–Kier alpha value is -3.06. The minimum Gasteiger partial charge on any atom is -0.365 e.